The number of hydrogen-bond donors (Lipinski definition) is 1. The molecule has 2 aliphatic rings. The molecule has 1 aliphatic heterocycles. The zero-order valence-corrected chi connectivity index (χ0v) is 12.7. The summed E-state index contributed by atoms with van der Waals surface area (Å²) in [6.45, 7) is 8.09. The number of rotatable bonds is 3. The zero-order chi connectivity index (χ0) is 13.4. The molecule has 1 aliphatic carbocycles. The monoisotopic (exact) mass is 253 g/mol. The van der Waals surface area contributed by atoms with E-state index in [1.807, 2.05) is 0 Å². The molecule has 3 heteroatoms. The predicted molar refractivity (Wildman–Crippen MR) is 77.7 cm³/mol. The van der Waals surface area contributed by atoms with Crippen molar-refractivity contribution in [3.8, 4) is 0 Å². The van der Waals surface area contributed by atoms with E-state index in [9.17, 15) is 0 Å². The summed E-state index contributed by atoms with van der Waals surface area (Å²) in [6, 6.07) is 0.725. The van der Waals surface area contributed by atoms with Crippen LogP contribution < -0.4 is 5.73 Å². The molecule has 0 spiro atoms. The summed E-state index contributed by atoms with van der Waals surface area (Å²) in [5.74, 6) is 0. The molecule has 2 rings (SSSR count). The topological polar surface area (TPSA) is 32.5 Å². The molecule has 2 fully saturated rings. The van der Waals surface area contributed by atoms with Gasteiger partial charge in [0.1, 0.15) is 0 Å². The van der Waals surface area contributed by atoms with E-state index in [4.69, 9.17) is 5.73 Å². The van der Waals surface area contributed by atoms with E-state index in [2.05, 4.69) is 37.7 Å². The van der Waals surface area contributed by atoms with Gasteiger partial charge in [-0.15, -0.1) is 0 Å². The Hall–Kier alpha value is -0.120. The molecule has 0 bridgehead atoms. The van der Waals surface area contributed by atoms with Crippen molar-refractivity contribution in [2.24, 2.45) is 11.1 Å². The lowest BCUT2D eigenvalue weighted by Crippen LogP contribution is -2.56. The Morgan fingerprint density at radius 3 is 2.22 bits per heavy atom. The molecule has 106 valence electrons. The summed E-state index contributed by atoms with van der Waals surface area (Å²) in [4.78, 5) is 5.07. The van der Waals surface area contributed by atoms with Gasteiger partial charge in [0.25, 0.3) is 0 Å². The van der Waals surface area contributed by atoms with Crippen LogP contribution in [-0.4, -0.2) is 55.1 Å². The third kappa shape index (κ3) is 2.73. The summed E-state index contributed by atoms with van der Waals surface area (Å²) < 4.78 is 0. The molecule has 0 aromatic carbocycles. The molecule has 18 heavy (non-hydrogen) atoms. The van der Waals surface area contributed by atoms with Gasteiger partial charge >= 0.3 is 0 Å². The highest BCUT2D eigenvalue weighted by Gasteiger charge is 2.44. The normalized spacial score (nSPS) is 32.0. The Morgan fingerprint density at radius 2 is 1.78 bits per heavy atom. The lowest BCUT2D eigenvalue weighted by atomic mass is 9.69. The SMILES string of the molecule is CN(C)C1CCN(C2(CN)CCC(C)(C)CC2)C1. The molecule has 3 nitrogen and oxygen atoms in total. The highest BCUT2D eigenvalue weighted by Crippen LogP contribution is 2.43. The number of nitrogens with zero attached hydrogens (tertiary/aromatic N) is 2. The first-order valence-electron chi connectivity index (χ1n) is 7.50. The van der Waals surface area contributed by atoms with Crippen LogP contribution in [0.4, 0.5) is 0 Å². The fourth-order valence-electron chi connectivity index (χ4n) is 3.64. The third-order valence-electron chi connectivity index (χ3n) is 5.48. The van der Waals surface area contributed by atoms with Gasteiger partial charge in [0.05, 0.1) is 0 Å². The van der Waals surface area contributed by atoms with Crippen LogP contribution in [0.3, 0.4) is 0 Å². The molecule has 1 saturated carbocycles. The number of likely N-dealkylation sites (N-methyl/N-ethyl adjacent to an activating group) is 1. The van der Waals surface area contributed by atoms with E-state index >= 15 is 0 Å². The van der Waals surface area contributed by atoms with Gasteiger partial charge in [-0.1, -0.05) is 13.8 Å². The quantitative estimate of drug-likeness (QED) is 0.834. The molecule has 0 aromatic heterocycles. The Balaban J connectivity index is 2.02. The Morgan fingerprint density at radius 1 is 1.17 bits per heavy atom. The Kier molecular flexibility index (Phi) is 4.05. The molecular weight excluding hydrogens is 222 g/mol. The van der Waals surface area contributed by atoms with Gasteiger partial charge in [-0.2, -0.15) is 0 Å². The lowest BCUT2D eigenvalue weighted by Gasteiger charge is -2.48. The fraction of sp³-hybridized carbons (Fsp3) is 1.00. The highest BCUT2D eigenvalue weighted by molar-refractivity contribution is 5.01. The Labute approximate surface area is 113 Å². The molecule has 1 unspecified atom stereocenters. The van der Waals surface area contributed by atoms with Crippen LogP contribution in [0.15, 0.2) is 0 Å². The van der Waals surface area contributed by atoms with Gasteiger partial charge in [0.15, 0.2) is 0 Å². The summed E-state index contributed by atoms with van der Waals surface area (Å²) >= 11 is 0. The van der Waals surface area contributed by atoms with Crippen molar-refractivity contribution in [2.75, 3.05) is 33.7 Å². The maximum atomic E-state index is 6.17. The second kappa shape index (κ2) is 5.10. The zero-order valence-electron chi connectivity index (χ0n) is 12.7. The van der Waals surface area contributed by atoms with Crippen LogP contribution >= 0.6 is 0 Å². The van der Waals surface area contributed by atoms with E-state index in [0.717, 1.165) is 12.6 Å². The van der Waals surface area contributed by atoms with Crippen LogP contribution in [-0.2, 0) is 0 Å². The van der Waals surface area contributed by atoms with Gasteiger partial charge in [-0.3, -0.25) is 4.90 Å². The second-order valence-corrected chi connectivity index (χ2v) is 7.44. The van der Waals surface area contributed by atoms with Gasteiger partial charge in [-0.05, 0) is 51.6 Å². The summed E-state index contributed by atoms with van der Waals surface area (Å²) in [6.07, 6.45) is 6.53. The maximum absolute atomic E-state index is 6.17. The number of hydrogen-bond acceptors (Lipinski definition) is 3. The van der Waals surface area contributed by atoms with Gasteiger partial charge in [-0.25, -0.2) is 0 Å². The van der Waals surface area contributed by atoms with Gasteiger partial charge in [0.2, 0.25) is 0 Å². The summed E-state index contributed by atoms with van der Waals surface area (Å²) in [7, 11) is 4.40. The molecule has 0 aromatic rings. The maximum Gasteiger partial charge on any atom is 0.0332 e. The minimum absolute atomic E-state index is 0.306. The van der Waals surface area contributed by atoms with Crippen molar-refractivity contribution in [2.45, 2.75) is 57.5 Å². The first-order chi connectivity index (χ1) is 8.38. The molecular formula is C15H31N3. The summed E-state index contributed by atoms with van der Waals surface area (Å²) in [5.41, 5.74) is 7.01. The van der Waals surface area contributed by atoms with Gasteiger partial charge in [0, 0.05) is 31.2 Å². The molecule has 1 saturated heterocycles. The number of nitrogens with two attached hydrogens (primary N) is 1. The van der Waals surface area contributed by atoms with E-state index in [-0.39, 0.29) is 0 Å². The van der Waals surface area contributed by atoms with Crippen molar-refractivity contribution < 1.29 is 0 Å². The third-order valence-corrected chi connectivity index (χ3v) is 5.48. The minimum Gasteiger partial charge on any atom is -0.329 e. The highest BCUT2D eigenvalue weighted by atomic mass is 15.3. The van der Waals surface area contributed by atoms with Gasteiger partial charge < -0.3 is 10.6 Å². The summed E-state index contributed by atoms with van der Waals surface area (Å²) in [5, 5.41) is 0. The van der Waals surface area contributed by atoms with E-state index in [0.29, 0.717) is 11.0 Å². The molecule has 0 amide bonds. The standard InChI is InChI=1S/C15H31N3/c1-14(2)6-8-15(12-16,9-7-14)18-10-5-13(11-18)17(3)4/h13H,5-12,16H2,1-4H3. The Bertz CT molecular complexity index is 275. The van der Waals surface area contributed by atoms with E-state index < -0.39 is 0 Å². The van der Waals surface area contributed by atoms with Crippen LogP contribution in [0.5, 0.6) is 0 Å². The first-order valence-corrected chi connectivity index (χ1v) is 7.50. The average molecular weight is 253 g/mol. The molecule has 1 heterocycles. The van der Waals surface area contributed by atoms with Crippen molar-refractivity contribution >= 4 is 0 Å². The molecule has 1 atom stereocenters. The van der Waals surface area contributed by atoms with Crippen LogP contribution in [0.25, 0.3) is 0 Å². The van der Waals surface area contributed by atoms with Crippen molar-refractivity contribution in [1.29, 1.82) is 0 Å². The van der Waals surface area contributed by atoms with Crippen LogP contribution in [0.1, 0.15) is 46.0 Å². The fourth-order valence-corrected chi connectivity index (χ4v) is 3.64. The van der Waals surface area contributed by atoms with Crippen molar-refractivity contribution in [3.63, 3.8) is 0 Å². The van der Waals surface area contributed by atoms with Crippen LogP contribution in [0, 0.1) is 5.41 Å². The number of likely N-dealkylation sites (tertiary alicyclic amines) is 1. The van der Waals surface area contributed by atoms with E-state index in [1.54, 1.807) is 0 Å². The first kappa shape index (κ1) is 14.3. The lowest BCUT2D eigenvalue weighted by molar-refractivity contribution is 0.0359. The van der Waals surface area contributed by atoms with Crippen molar-refractivity contribution in [1.82, 2.24) is 9.80 Å². The smallest absolute Gasteiger partial charge is 0.0332 e. The minimum atomic E-state index is 0.306. The predicted octanol–water partition coefficient (Wildman–Crippen LogP) is 1.92. The van der Waals surface area contributed by atoms with E-state index in [1.165, 1.54) is 45.2 Å². The second-order valence-electron chi connectivity index (χ2n) is 7.44. The van der Waals surface area contributed by atoms with Crippen LogP contribution in [0.2, 0.25) is 0 Å². The largest absolute Gasteiger partial charge is 0.329 e. The molecule has 2 N–H and O–H groups in total. The average Bonchev–Trinajstić information content (AvgIpc) is 2.80. The molecule has 0 radical (unpaired) electrons. The van der Waals surface area contributed by atoms with Crippen molar-refractivity contribution in [3.05, 3.63) is 0 Å².